The average Bonchev–Trinajstić information content (AvgIpc) is 3.47. The summed E-state index contributed by atoms with van der Waals surface area (Å²) in [4.78, 5) is 44.3. The highest BCUT2D eigenvalue weighted by Crippen LogP contribution is 2.28. The molecule has 1 aromatic carbocycles. The van der Waals surface area contributed by atoms with Crippen molar-refractivity contribution in [1.82, 2.24) is 19.7 Å². The fraction of sp³-hybridized carbons (Fsp3) is 0.385. The topological polar surface area (TPSA) is 125 Å². The first-order chi connectivity index (χ1) is 18.3. The van der Waals surface area contributed by atoms with Crippen molar-refractivity contribution in [3.05, 3.63) is 62.5 Å². The van der Waals surface area contributed by atoms with Gasteiger partial charge in [-0.2, -0.15) is 0 Å². The van der Waals surface area contributed by atoms with Gasteiger partial charge in [-0.1, -0.05) is 50.3 Å². The zero-order chi connectivity index (χ0) is 27.2. The Morgan fingerprint density at radius 2 is 1.87 bits per heavy atom. The van der Waals surface area contributed by atoms with E-state index in [2.05, 4.69) is 34.3 Å². The van der Waals surface area contributed by atoms with E-state index in [1.807, 2.05) is 37.3 Å². The third-order valence-electron chi connectivity index (χ3n) is 5.69. The van der Waals surface area contributed by atoms with Gasteiger partial charge in [0, 0.05) is 6.42 Å². The molecule has 0 bridgehead atoms. The lowest BCUT2D eigenvalue weighted by molar-refractivity contribution is -0.119. The molecule has 38 heavy (non-hydrogen) atoms. The van der Waals surface area contributed by atoms with Crippen LogP contribution >= 0.6 is 22.7 Å². The molecule has 1 unspecified atom stereocenters. The molecule has 10 nitrogen and oxygen atoms in total. The number of fused-ring (bicyclic) bond motifs is 1. The van der Waals surface area contributed by atoms with Crippen LogP contribution in [0.25, 0.3) is 10.2 Å². The summed E-state index contributed by atoms with van der Waals surface area (Å²) in [7, 11) is 0. The highest BCUT2D eigenvalue weighted by Gasteiger charge is 2.26. The number of hydrogen-bond donors (Lipinski definition) is 1. The smallest absolute Gasteiger partial charge is 0.348 e. The Labute approximate surface area is 227 Å². The second kappa shape index (κ2) is 12.3. The molecule has 0 fully saturated rings. The number of hydrogen-bond acceptors (Lipinski definition) is 10. The predicted molar refractivity (Wildman–Crippen MR) is 147 cm³/mol. The summed E-state index contributed by atoms with van der Waals surface area (Å²) < 4.78 is 12.2. The van der Waals surface area contributed by atoms with Gasteiger partial charge in [0.05, 0.1) is 11.7 Å². The Morgan fingerprint density at radius 1 is 1.11 bits per heavy atom. The Kier molecular flexibility index (Phi) is 8.85. The van der Waals surface area contributed by atoms with Crippen LogP contribution in [0.2, 0.25) is 0 Å². The molecule has 3 heterocycles. The van der Waals surface area contributed by atoms with E-state index in [0.717, 1.165) is 22.8 Å². The standard InChI is InChI=1S/C26H29N5O5S2/c1-5-18(22(32)28-26-30-29-19(37-26)13-15(2)3)31-14-27-23-20(24(31)33)16(4)21(38-23)25(34)36-12-11-35-17-9-7-6-8-10-17/h6-10,14-15,18H,5,11-13H2,1-4H3,(H,28,30,32). The summed E-state index contributed by atoms with van der Waals surface area (Å²) in [6, 6.07) is 8.42. The lowest BCUT2D eigenvalue weighted by Gasteiger charge is -2.16. The number of aromatic nitrogens is 4. The quantitative estimate of drug-likeness (QED) is 0.210. The zero-order valence-electron chi connectivity index (χ0n) is 21.6. The number of nitrogens with one attached hydrogen (secondary N) is 1. The van der Waals surface area contributed by atoms with Crippen molar-refractivity contribution >= 4 is 49.9 Å². The molecule has 0 saturated heterocycles. The van der Waals surface area contributed by atoms with Gasteiger partial charge in [0.2, 0.25) is 11.0 Å². The Hall–Kier alpha value is -3.64. The van der Waals surface area contributed by atoms with Crippen LogP contribution in [-0.2, 0) is 16.0 Å². The lowest BCUT2D eigenvalue weighted by Crippen LogP contribution is -2.33. The minimum atomic E-state index is -0.804. The largest absolute Gasteiger partial charge is 0.490 e. The first-order valence-corrected chi connectivity index (χ1v) is 13.9. The van der Waals surface area contributed by atoms with E-state index in [1.165, 1.54) is 22.2 Å². The number of esters is 1. The highest BCUT2D eigenvalue weighted by molar-refractivity contribution is 7.20. The molecule has 0 aliphatic heterocycles. The number of benzene rings is 1. The number of carbonyl (C=O) groups is 2. The van der Waals surface area contributed by atoms with Crippen LogP contribution in [0.3, 0.4) is 0 Å². The minimum absolute atomic E-state index is 0.0572. The summed E-state index contributed by atoms with van der Waals surface area (Å²) >= 11 is 2.41. The maximum absolute atomic E-state index is 13.4. The van der Waals surface area contributed by atoms with Gasteiger partial charge in [0.1, 0.15) is 39.7 Å². The molecule has 12 heteroatoms. The van der Waals surface area contributed by atoms with Crippen LogP contribution in [0.15, 0.2) is 41.5 Å². The van der Waals surface area contributed by atoms with Crippen molar-refractivity contribution in [3.63, 3.8) is 0 Å². The molecule has 0 radical (unpaired) electrons. The van der Waals surface area contributed by atoms with Crippen molar-refractivity contribution in [2.75, 3.05) is 18.5 Å². The van der Waals surface area contributed by atoms with Crippen molar-refractivity contribution < 1.29 is 19.1 Å². The molecule has 0 saturated carbocycles. The molecule has 4 aromatic rings. The van der Waals surface area contributed by atoms with E-state index in [1.54, 1.807) is 6.92 Å². The minimum Gasteiger partial charge on any atom is -0.490 e. The van der Waals surface area contributed by atoms with Crippen LogP contribution in [-0.4, -0.2) is 44.8 Å². The number of ether oxygens (including phenoxy) is 2. The van der Waals surface area contributed by atoms with Gasteiger partial charge in [0.15, 0.2) is 0 Å². The molecular weight excluding hydrogens is 526 g/mol. The van der Waals surface area contributed by atoms with E-state index >= 15 is 0 Å². The molecule has 1 amide bonds. The Morgan fingerprint density at radius 3 is 2.58 bits per heavy atom. The van der Waals surface area contributed by atoms with Crippen LogP contribution in [0.1, 0.15) is 53.5 Å². The molecule has 0 spiro atoms. The summed E-state index contributed by atoms with van der Waals surface area (Å²) in [5, 5.41) is 12.5. The van der Waals surface area contributed by atoms with E-state index in [9.17, 15) is 14.4 Å². The second-order valence-electron chi connectivity index (χ2n) is 9.00. The van der Waals surface area contributed by atoms with Gasteiger partial charge in [0.25, 0.3) is 5.56 Å². The van der Waals surface area contributed by atoms with Crippen molar-refractivity contribution in [1.29, 1.82) is 0 Å². The van der Waals surface area contributed by atoms with Gasteiger partial charge >= 0.3 is 5.97 Å². The highest BCUT2D eigenvalue weighted by atomic mass is 32.1. The molecule has 1 N–H and O–H groups in total. The van der Waals surface area contributed by atoms with Gasteiger partial charge in [-0.05, 0) is 37.0 Å². The van der Waals surface area contributed by atoms with Gasteiger partial charge in [-0.25, -0.2) is 9.78 Å². The van der Waals surface area contributed by atoms with E-state index < -0.39 is 17.6 Å². The van der Waals surface area contributed by atoms with Gasteiger partial charge in [-0.3, -0.25) is 19.5 Å². The van der Waals surface area contributed by atoms with E-state index in [-0.39, 0.29) is 19.1 Å². The molecule has 200 valence electrons. The number of para-hydroxylation sites is 1. The predicted octanol–water partition coefficient (Wildman–Crippen LogP) is 4.64. The zero-order valence-corrected chi connectivity index (χ0v) is 23.2. The number of aryl methyl sites for hydroxylation is 1. The Bertz CT molecular complexity index is 1480. The maximum atomic E-state index is 13.4. The summed E-state index contributed by atoms with van der Waals surface area (Å²) in [5.74, 6) is 0.174. The number of rotatable bonds is 11. The fourth-order valence-electron chi connectivity index (χ4n) is 3.86. The summed E-state index contributed by atoms with van der Waals surface area (Å²) in [6.07, 6.45) is 2.48. The van der Waals surface area contributed by atoms with Gasteiger partial charge in [-0.15, -0.1) is 21.5 Å². The number of anilines is 1. The summed E-state index contributed by atoms with van der Waals surface area (Å²) in [6.45, 7) is 7.92. The number of amides is 1. The molecule has 0 aliphatic carbocycles. The van der Waals surface area contributed by atoms with Gasteiger partial charge < -0.3 is 9.47 Å². The number of thiophene rings is 1. The molecule has 1 atom stereocenters. The monoisotopic (exact) mass is 555 g/mol. The van der Waals surface area contributed by atoms with Crippen molar-refractivity contribution in [2.24, 2.45) is 5.92 Å². The molecule has 0 aliphatic rings. The third kappa shape index (κ3) is 6.25. The normalized spacial score (nSPS) is 12.0. The third-order valence-corrected chi connectivity index (χ3v) is 7.74. The molecule has 3 aromatic heterocycles. The van der Waals surface area contributed by atoms with Crippen molar-refractivity contribution in [2.45, 2.75) is 46.6 Å². The van der Waals surface area contributed by atoms with Crippen LogP contribution < -0.4 is 15.6 Å². The molecule has 4 rings (SSSR count). The SMILES string of the molecule is CCC(C(=O)Nc1nnc(CC(C)C)s1)n1cnc2sc(C(=O)OCCOc3ccccc3)c(C)c2c1=O. The first-order valence-electron chi connectivity index (χ1n) is 12.3. The number of carbonyl (C=O) groups excluding carboxylic acids is 2. The summed E-state index contributed by atoms with van der Waals surface area (Å²) in [5.41, 5.74) is 0.0820. The number of nitrogens with zero attached hydrogens (tertiary/aromatic N) is 4. The van der Waals surface area contributed by atoms with Crippen LogP contribution in [0, 0.1) is 12.8 Å². The van der Waals surface area contributed by atoms with Crippen molar-refractivity contribution in [3.8, 4) is 5.75 Å². The first kappa shape index (κ1) is 27.4. The van der Waals surface area contributed by atoms with Crippen LogP contribution in [0.5, 0.6) is 5.75 Å². The molecular formula is C26H29N5O5S2. The van der Waals surface area contributed by atoms with E-state index in [4.69, 9.17) is 9.47 Å². The Balaban J connectivity index is 1.48. The second-order valence-corrected chi connectivity index (χ2v) is 11.1. The lowest BCUT2D eigenvalue weighted by atomic mass is 10.1. The average molecular weight is 556 g/mol. The fourth-order valence-corrected chi connectivity index (χ4v) is 5.85. The van der Waals surface area contributed by atoms with Crippen LogP contribution in [0.4, 0.5) is 5.13 Å². The van der Waals surface area contributed by atoms with E-state index in [0.29, 0.717) is 43.9 Å². The maximum Gasteiger partial charge on any atom is 0.348 e.